The van der Waals surface area contributed by atoms with E-state index in [2.05, 4.69) is 33.0 Å². The van der Waals surface area contributed by atoms with Gasteiger partial charge in [-0.25, -0.2) is 0 Å². The molecule has 2 amide bonds. The molecule has 0 aromatic carbocycles. The maximum Gasteiger partial charge on any atom is 0.245 e. The fourth-order valence-corrected chi connectivity index (χ4v) is 2.29. The highest BCUT2D eigenvalue weighted by Gasteiger charge is 2.38. The largest absolute Gasteiger partial charge is 0.344 e. The van der Waals surface area contributed by atoms with Crippen molar-refractivity contribution < 1.29 is 9.59 Å². The summed E-state index contributed by atoms with van der Waals surface area (Å²) < 4.78 is 0. The van der Waals surface area contributed by atoms with Crippen LogP contribution in [0.15, 0.2) is 0 Å². The Hall–Kier alpha value is -1.06. The second kappa shape index (κ2) is 5.93. The Labute approximate surface area is 116 Å². The van der Waals surface area contributed by atoms with Crippen LogP contribution >= 0.6 is 0 Å². The monoisotopic (exact) mass is 268 g/mol. The third-order valence-electron chi connectivity index (χ3n) is 4.38. The van der Waals surface area contributed by atoms with Gasteiger partial charge in [0.15, 0.2) is 0 Å². The Morgan fingerprint density at radius 2 is 1.89 bits per heavy atom. The zero-order chi connectivity index (χ0) is 14.8. The molecule has 1 aliphatic heterocycles. The van der Waals surface area contributed by atoms with Crippen molar-refractivity contribution in [2.45, 2.75) is 66.5 Å². The molecular formula is C15H28N2O2. The molecule has 110 valence electrons. The van der Waals surface area contributed by atoms with E-state index in [1.54, 1.807) is 0 Å². The van der Waals surface area contributed by atoms with E-state index in [0.717, 1.165) is 6.42 Å². The number of nitrogens with zero attached hydrogens (tertiary/aromatic N) is 1. The van der Waals surface area contributed by atoms with Crippen LogP contribution in [-0.4, -0.2) is 35.3 Å². The van der Waals surface area contributed by atoms with Crippen molar-refractivity contribution in [2.24, 2.45) is 11.3 Å². The van der Waals surface area contributed by atoms with Crippen molar-refractivity contribution >= 4 is 11.8 Å². The van der Waals surface area contributed by atoms with Gasteiger partial charge >= 0.3 is 0 Å². The predicted octanol–water partition coefficient (Wildman–Crippen LogP) is 2.18. The molecule has 0 aliphatic carbocycles. The predicted molar refractivity (Wildman–Crippen MR) is 76.6 cm³/mol. The summed E-state index contributed by atoms with van der Waals surface area (Å²) in [5, 5.41) is 2.89. The first-order chi connectivity index (χ1) is 8.68. The molecule has 1 rings (SSSR count). The van der Waals surface area contributed by atoms with E-state index >= 15 is 0 Å². The van der Waals surface area contributed by atoms with Crippen molar-refractivity contribution in [2.75, 3.05) is 6.54 Å². The molecule has 1 fully saturated rings. The Balaban J connectivity index is 2.99. The lowest BCUT2D eigenvalue weighted by Crippen LogP contribution is -2.53. The van der Waals surface area contributed by atoms with E-state index < -0.39 is 0 Å². The lowest BCUT2D eigenvalue weighted by atomic mass is 9.86. The van der Waals surface area contributed by atoms with Gasteiger partial charge in [0, 0.05) is 19.0 Å². The van der Waals surface area contributed by atoms with Crippen LogP contribution in [0.3, 0.4) is 0 Å². The van der Waals surface area contributed by atoms with Gasteiger partial charge in [-0.1, -0.05) is 41.0 Å². The molecule has 4 heteroatoms. The molecule has 1 aliphatic rings. The summed E-state index contributed by atoms with van der Waals surface area (Å²) in [6.07, 6.45) is 1.29. The van der Waals surface area contributed by atoms with Crippen molar-refractivity contribution in [3.05, 3.63) is 0 Å². The first-order valence-electron chi connectivity index (χ1n) is 7.28. The van der Waals surface area contributed by atoms with Crippen molar-refractivity contribution in [3.63, 3.8) is 0 Å². The SMILES string of the molecule is CCC(C)C1NC(=O)CCN(C(C)C(C)(C)C)C1=O. The smallest absolute Gasteiger partial charge is 0.245 e. The Morgan fingerprint density at radius 1 is 1.32 bits per heavy atom. The number of nitrogens with one attached hydrogen (secondary N) is 1. The molecule has 0 aromatic rings. The van der Waals surface area contributed by atoms with E-state index in [1.165, 1.54) is 0 Å². The second-order valence-electron chi connectivity index (χ2n) is 6.75. The summed E-state index contributed by atoms with van der Waals surface area (Å²) in [5.74, 6) is 0.231. The van der Waals surface area contributed by atoms with Crippen molar-refractivity contribution in [1.82, 2.24) is 10.2 Å². The quantitative estimate of drug-likeness (QED) is 0.853. The van der Waals surface area contributed by atoms with E-state index in [-0.39, 0.29) is 35.2 Å². The topological polar surface area (TPSA) is 49.4 Å². The van der Waals surface area contributed by atoms with Crippen LogP contribution in [0.4, 0.5) is 0 Å². The van der Waals surface area contributed by atoms with E-state index in [4.69, 9.17) is 0 Å². The molecule has 3 unspecified atom stereocenters. The van der Waals surface area contributed by atoms with Crippen LogP contribution < -0.4 is 5.32 Å². The summed E-state index contributed by atoms with van der Waals surface area (Å²) in [4.78, 5) is 26.4. The molecule has 0 aromatic heterocycles. The summed E-state index contributed by atoms with van der Waals surface area (Å²) >= 11 is 0. The molecule has 1 N–H and O–H groups in total. The van der Waals surface area contributed by atoms with Crippen LogP contribution in [0.25, 0.3) is 0 Å². The first kappa shape index (κ1) is 16.0. The van der Waals surface area contributed by atoms with Crippen LogP contribution in [-0.2, 0) is 9.59 Å². The first-order valence-corrected chi connectivity index (χ1v) is 7.28. The van der Waals surface area contributed by atoms with Gasteiger partial charge in [-0.05, 0) is 18.3 Å². The maximum atomic E-state index is 12.7. The van der Waals surface area contributed by atoms with Gasteiger partial charge in [-0.2, -0.15) is 0 Å². The minimum absolute atomic E-state index is 0.0118. The van der Waals surface area contributed by atoms with Gasteiger partial charge in [0.05, 0.1) is 0 Å². The minimum atomic E-state index is -0.371. The maximum absolute atomic E-state index is 12.7. The molecule has 0 spiro atoms. The molecule has 19 heavy (non-hydrogen) atoms. The van der Waals surface area contributed by atoms with Crippen LogP contribution in [0, 0.1) is 11.3 Å². The molecule has 0 saturated carbocycles. The molecule has 0 radical (unpaired) electrons. The van der Waals surface area contributed by atoms with Gasteiger partial charge in [0.2, 0.25) is 11.8 Å². The van der Waals surface area contributed by atoms with Gasteiger partial charge in [-0.15, -0.1) is 0 Å². The molecule has 0 bridgehead atoms. The Kier molecular flexibility index (Phi) is 4.99. The number of hydrogen-bond acceptors (Lipinski definition) is 2. The van der Waals surface area contributed by atoms with Crippen molar-refractivity contribution in [1.29, 1.82) is 0 Å². The second-order valence-corrected chi connectivity index (χ2v) is 6.75. The normalized spacial score (nSPS) is 24.7. The number of carbonyl (C=O) groups is 2. The molecule has 1 heterocycles. The third kappa shape index (κ3) is 3.71. The standard InChI is InChI=1S/C15H28N2O2/c1-7-10(2)13-14(19)17(9-8-12(18)16-13)11(3)15(4,5)6/h10-11,13H,7-9H2,1-6H3,(H,16,18). The van der Waals surface area contributed by atoms with E-state index in [9.17, 15) is 9.59 Å². The zero-order valence-corrected chi connectivity index (χ0v) is 13.1. The highest BCUT2D eigenvalue weighted by molar-refractivity contribution is 5.90. The highest BCUT2D eigenvalue weighted by Crippen LogP contribution is 2.26. The van der Waals surface area contributed by atoms with Gasteiger partial charge in [-0.3, -0.25) is 9.59 Å². The number of carbonyl (C=O) groups excluding carboxylic acids is 2. The van der Waals surface area contributed by atoms with Crippen LogP contribution in [0.1, 0.15) is 54.4 Å². The molecular weight excluding hydrogens is 240 g/mol. The average Bonchev–Trinajstić information content (AvgIpc) is 2.46. The number of amides is 2. The highest BCUT2D eigenvalue weighted by atomic mass is 16.2. The summed E-state index contributed by atoms with van der Waals surface area (Å²) in [5.41, 5.74) is 0.0169. The molecule has 4 nitrogen and oxygen atoms in total. The van der Waals surface area contributed by atoms with Gasteiger partial charge in [0.1, 0.15) is 6.04 Å². The molecule has 1 saturated heterocycles. The molecule has 3 atom stereocenters. The fraction of sp³-hybridized carbons (Fsp3) is 0.867. The van der Waals surface area contributed by atoms with E-state index in [0.29, 0.717) is 13.0 Å². The van der Waals surface area contributed by atoms with Gasteiger partial charge in [0.25, 0.3) is 0 Å². The number of rotatable bonds is 3. The van der Waals surface area contributed by atoms with Crippen LogP contribution in [0.2, 0.25) is 0 Å². The fourth-order valence-electron chi connectivity index (χ4n) is 2.29. The zero-order valence-electron chi connectivity index (χ0n) is 13.1. The lowest BCUT2D eigenvalue weighted by molar-refractivity contribution is -0.138. The summed E-state index contributed by atoms with van der Waals surface area (Å²) in [7, 11) is 0. The Morgan fingerprint density at radius 3 is 2.37 bits per heavy atom. The van der Waals surface area contributed by atoms with Crippen molar-refractivity contribution in [3.8, 4) is 0 Å². The van der Waals surface area contributed by atoms with Gasteiger partial charge < -0.3 is 10.2 Å². The summed E-state index contributed by atoms with van der Waals surface area (Å²) in [6.45, 7) is 13.0. The minimum Gasteiger partial charge on any atom is -0.344 e. The average molecular weight is 268 g/mol. The van der Waals surface area contributed by atoms with Crippen LogP contribution in [0.5, 0.6) is 0 Å². The summed E-state index contributed by atoms with van der Waals surface area (Å²) in [6, 6.07) is -0.246. The number of hydrogen-bond donors (Lipinski definition) is 1. The Bertz CT molecular complexity index is 347. The third-order valence-corrected chi connectivity index (χ3v) is 4.38. The van der Waals surface area contributed by atoms with E-state index in [1.807, 2.05) is 18.7 Å². The lowest BCUT2D eigenvalue weighted by Gasteiger charge is -2.39.